The number of aromatic nitrogens is 4. The summed E-state index contributed by atoms with van der Waals surface area (Å²) in [4.78, 5) is 19.1. The Hall–Kier alpha value is -2.18. The Kier molecular flexibility index (Phi) is 2.22. The lowest BCUT2D eigenvalue weighted by molar-refractivity contribution is 0.0587. The number of carbonyl (C=O) groups is 1. The first-order chi connectivity index (χ1) is 7.54. The number of carbonyl (C=O) groups excluding carboxylic acids is 1. The van der Waals surface area contributed by atoms with Gasteiger partial charge in [-0.25, -0.2) is 9.78 Å². The minimum Gasteiger partial charge on any atom is -0.493 e. The van der Waals surface area contributed by atoms with Crippen LogP contribution in [-0.4, -0.2) is 37.8 Å². The van der Waals surface area contributed by atoms with Gasteiger partial charge in [0.2, 0.25) is 5.88 Å². The van der Waals surface area contributed by atoms with Crippen molar-refractivity contribution in [3.8, 4) is 5.88 Å². The van der Waals surface area contributed by atoms with E-state index in [0.29, 0.717) is 11.3 Å². The second kappa shape index (κ2) is 3.44. The number of esters is 1. The molecule has 0 aliphatic heterocycles. The van der Waals surface area contributed by atoms with Gasteiger partial charge in [-0.3, -0.25) is 0 Å². The van der Waals surface area contributed by atoms with Crippen LogP contribution in [0.25, 0.3) is 5.78 Å². The fraction of sp³-hybridized carbons (Fsp3) is 0.333. The molecule has 0 aromatic carbocycles. The summed E-state index contributed by atoms with van der Waals surface area (Å²) in [6, 6.07) is 0. The van der Waals surface area contributed by atoms with Crippen molar-refractivity contribution in [3.05, 3.63) is 17.1 Å². The van der Waals surface area contributed by atoms with E-state index in [0.717, 1.165) is 4.52 Å². The Labute approximate surface area is 90.7 Å². The van der Waals surface area contributed by atoms with Gasteiger partial charge < -0.3 is 9.84 Å². The molecule has 2 rings (SSSR count). The van der Waals surface area contributed by atoms with Crippen LogP contribution in [0.2, 0.25) is 0 Å². The van der Waals surface area contributed by atoms with Crippen molar-refractivity contribution in [2.45, 2.75) is 13.8 Å². The quantitative estimate of drug-likeness (QED) is 0.695. The number of rotatable bonds is 1. The van der Waals surface area contributed by atoms with Crippen LogP contribution in [0.3, 0.4) is 0 Å². The molecule has 7 nitrogen and oxygen atoms in total. The van der Waals surface area contributed by atoms with Crippen molar-refractivity contribution >= 4 is 11.7 Å². The number of ether oxygens (including phenoxy) is 1. The van der Waals surface area contributed by atoms with E-state index < -0.39 is 5.97 Å². The van der Waals surface area contributed by atoms with E-state index in [1.54, 1.807) is 13.8 Å². The van der Waals surface area contributed by atoms with Crippen molar-refractivity contribution in [3.63, 3.8) is 0 Å². The first-order valence-electron chi connectivity index (χ1n) is 4.56. The molecule has 0 amide bonds. The topological polar surface area (TPSA) is 89.6 Å². The molecule has 2 aromatic heterocycles. The van der Waals surface area contributed by atoms with E-state index in [2.05, 4.69) is 19.8 Å². The first kappa shape index (κ1) is 10.3. The minimum atomic E-state index is -0.666. The summed E-state index contributed by atoms with van der Waals surface area (Å²) in [7, 11) is 1.23. The Morgan fingerprint density at radius 2 is 2.06 bits per heavy atom. The van der Waals surface area contributed by atoms with E-state index in [4.69, 9.17) is 0 Å². The van der Waals surface area contributed by atoms with E-state index in [1.807, 2.05) is 0 Å². The zero-order valence-electron chi connectivity index (χ0n) is 9.05. The molecule has 0 aliphatic carbocycles. The smallest absolute Gasteiger partial charge is 0.378 e. The summed E-state index contributed by atoms with van der Waals surface area (Å²) in [6.07, 6.45) is 0. The average Bonchev–Trinajstić information content (AvgIpc) is 2.69. The maximum absolute atomic E-state index is 11.2. The van der Waals surface area contributed by atoms with Crippen molar-refractivity contribution in [2.24, 2.45) is 0 Å². The van der Waals surface area contributed by atoms with Gasteiger partial charge in [0.25, 0.3) is 11.6 Å². The highest BCUT2D eigenvalue weighted by Gasteiger charge is 2.17. The van der Waals surface area contributed by atoms with Crippen LogP contribution in [0.15, 0.2) is 0 Å². The molecular weight excluding hydrogens is 212 g/mol. The standard InChI is InChI=1S/C9H10N4O3/c1-4-5(2)10-9-11-6(8(15)16-3)12-13(9)7(4)14/h14H,1-3H3. The molecule has 0 radical (unpaired) electrons. The Balaban J connectivity index is 2.71. The van der Waals surface area contributed by atoms with Crippen LogP contribution < -0.4 is 0 Å². The zero-order chi connectivity index (χ0) is 11.9. The van der Waals surface area contributed by atoms with Crippen LogP contribution >= 0.6 is 0 Å². The lowest BCUT2D eigenvalue weighted by atomic mass is 10.3. The van der Waals surface area contributed by atoms with Gasteiger partial charge in [-0.15, -0.1) is 5.10 Å². The summed E-state index contributed by atoms with van der Waals surface area (Å²) in [6.45, 7) is 3.44. The van der Waals surface area contributed by atoms with Crippen LogP contribution in [0.5, 0.6) is 5.88 Å². The number of hydrogen-bond donors (Lipinski definition) is 1. The molecule has 0 unspecified atom stereocenters. The van der Waals surface area contributed by atoms with Crippen LogP contribution in [-0.2, 0) is 4.74 Å². The summed E-state index contributed by atoms with van der Waals surface area (Å²) >= 11 is 0. The largest absolute Gasteiger partial charge is 0.493 e. The highest BCUT2D eigenvalue weighted by atomic mass is 16.5. The predicted molar refractivity (Wildman–Crippen MR) is 53.3 cm³/mol. The second-order valence-corrected chi connectivity index (χ2v) is 3.28. The average molecular weight is 222 g/mol. The number of methoxy groups -OCH3 is 1. The second-order valence-electron chi connectivity index (χ2n) is 3.28. The zero-order valence-corrected chi connectivity index (χ0v) is 9.05. The Bertz CT molecular complexity index is 576. The fourth-order valence-electron chi connectivity index (χ4n) is 1.25. The molecule has 0 atom stereocenters. The van der Waals surface area contributed by atoms with Crippen LogP contribution in [0.4, 0.5) is 0 Å². The number of fused-ring (bicyclic) bond motifs is 1. The van der Waals surface area contributed by atoms with Gasteiger partial charge >= 0.3 is 5.97 Å². The summed E-state index contributed by atoms with van der Waals surface area (Å²) < 4.78 is 5.59. The van der Waals surface area contributed by atoms with Gasteiger partial charge in [0.05, 0.1) is 7.11 Å². The number of aryl methyl sites for hydroxylation is 1. The van der Waals surface area contributed by atoms with Gasteiger partial charge in [0.1, 0.15) is 0 Å². The van der Waals surface area contributed by atoms with Gasteiger partial charge in [0, 0.05) is 11.3 Å². The van der Waals surface area contributed by atoms with Crippen LogP contribution in [0.1, 0.15) is 21.9 Å². The maximum atomic E-state index is 11.2. The molecule has 0 fully saturated rings. The summed E-state index contributed by atoms with van der Waals surface area (Å²) in [5.74, 6) is -0.707. The van der Waals surface area contributed by atoms with Crippen molar-refractivity contribution in [1.29, 1.82) is 0 Å². The number of hydrogen-bond acceptors (Lipinski definition) is 6. The lowest BCUT2D eigenvalue weighted by Gasteiger charge is -2.02. The van der Waals surface area contributed by atoms with Gasteiger partial charge in [0.15, 0.2) is 0 Å². The molecule has 2 aromatic rings. The fourth-order valence-corrected chi connectivity index (χ4v) is 1.25. The Morgan fingerprint density at radius 1 is 1.38 bits per heavy atom. The van der Waals surface area contributed by atoms with E-state index in [9.17, 15) is 9.90 Å². The first-order valence-corrected chi connectivity index (χ1v) is 4.56. The summed E-state index contributed by atoms with van der Waals surface area (Å²) in [5, 5.41) is 13.6. The highest BCUT2D eigenvalue weighted by Crippen LogP contribution is 2.18. The Morgan fingerprint density at radius 3 is 2.69 bits per heavy atom. The molecule has 0 bridgehead atoms. The molecule has 0 aliphatic rings. The maximum Gasteiger partial charge on any atom is 0.378 e. The van der Waals surface area contributed by atoms with Gasteiger partial charge in [-0.05, 0) is 13.8 Å². The van der Waals surface area contributed by atoms with Gasteiger partial charge in [-0.1, -0.05) is 0 Å². The van der Waals surface area contributed by atoms with Crippen molar-refractivity contribution in [2.75, 3.05) is 7.11 Å². The monoisotopic (exact) mass is 222 g/mol. The minimum absolute atomic E-state index is 0.0786. The van der Waals surface area contributed by atoms with E-state index in [-0.39, 0.29) is 17.5 Å². The predicted octanol–water partition coefficient (Wildman–Crippen LogP) is 0.233. The molecule has 84 valence electrons. The van der Waals surface area contributed by atoms with E-state index >= 15 is 0 Å². The highest BCUT2D eigenvalue weighted by molar-refractivity contribution is 5.85. The molecule has 0 saturated heterocycles. The molecule has 1 N–H and O–H groups in total. The molecule has 7 heteroatoms. The number of nitrogens with zero attached hydrogens (tertiary/aromatic N) is 4. The van der Waals surface area contributed by atoms with Crippen LogP contribution in [0, 0.1) is 13.8 Å². The molecule has 0 spiro atoms. The van der Waals surface area contributed by atoms with E-state index in [1.165, 1.54) is 7.11 Å². The van der Waals surface area contributed by atoms with Crippen molar-refractivity contribution in [1.82, 2.24) is 19.6 Å². The third kappa shape index (κ3) is 1.37. The molecule has 16 heavy (non-hydrogen) atoms. The SMILES string of the molecule is COC(=O)c1nc2nc(C)c(C)c(O)n2n1. The third-order valence-corrected chi connectivity index (χ3v) is 2.30. The third-order valence-electron chi connectivity index (χ3n) is 2.30. The molecule has 2 heterocycles. The molecule has 0 saturated carbocycles. The van der Waals surface area contributed by atoms with Crippen molar-refractivity contribution < 1.29 is 14.6 Å². The molecular formula is C9H10N4O3. The normalized spacial score (nSPS) is 10.7. The lowest BCUT2D eigenvalue weighted by Crippen LogP contribution is -2.04. The number of aromatic hydroxyl groups is 1. The summed E-state index contributed by atoms with van der Waals surface area (Å²) in [5.41, 5.74) is 1.22. The van der Waals surface area contributed by atoms with Gasteiger partial charge in [-0.2, -0.15) is 9.50 Å².